The molecule has 0 saturated carbocycles. The van der Waals surface area contributed by atoms with Crippen molar-refractivity contribution < 1.29 is 9.53 Å². The van der Waals surface area contributed by atoms with Crippen molar-refractivity contribution in [3.8, 4) is 5.75 Å². The maximum absolute atomic E-state index is 12.7. The fraction of sp³-hybridized carbons (Fsp3) is 0.364. The molecular formula is C22H25N5O2. The van der Waals surface area contributed by atoms with Crippen LogP contribution < -0.4 is 15.0 Å². The Morgan fingerprint density at radius 3 is 2.86 bits per heavy atom. The van der Waals surface area contributed by atoms with Crippen molar-refractivity contribution >= 4 is 22.8 Å². The summed E-state index contributed by atoms with van der Waals surface area (Å²) >= 11 is 0. The highest BCUT2D eigenvalue weighted by molar-refractivity contribution is 5.80. The van der Waals surface area contributed by atoms with Crippen LogP contribution in [0.4, 0.5) is 5.69 Å². The zero-order chi connectivity index (χ0) is 20.1. The lowest BCUT2D eigenvalue weighted by Gasteiger charge is -2.33. The van der Waals surface area contributed by atoms with Gasteiger partial charge in [-0.3, -0.25) is 9.78 Å². The summed E-state index contributed by atoms with van der Waals surface area (Å²) in [5, 5.41) is 3.08. The van der Waals surface area contributed by atoms with Crippen molar-refractivity contribution in [2.75, 3.05) is 24.6 Å². The Hall–Kier alpha value is -3.22. The van der Waals surface area contributed by atoms with E-state index in [1.165, 1.54) is 0 Å². The number of amides is 1. The van der Waals surface area contributed by atoms with E-state index < -0.39 is 0 Å². The molecule has 1 aliphatic rings. The molecule has 0 spiro atoms. The molecule has 1 N–H and O–H groups in total. The molecule has 1 aromatic carbocycles. The molecule has 0 aliphatic carbocycles. The number of nitrogens with one attached hydrogen (secondary N) is 1. The normalized spacial score (nSPS) is 16.6. The smallest absolute Gasteiger partial charge is 0.225 e. The third-order valence-electron chi connectivity index (χ3n) is 5.17. The van der Waals surface area contributed by atoms with E-state index in [2.05, 4.69) is 25.2 Å². The van der Waals surface area contributed by atoms with Gasteiger partial charge in [-0.25, -0.2) is 9.97 Å². The summed E-state index contributed by atoms with van der Waals surface area (Å²) in [5.74, 6) is 0.903. The fourth-order valence-corrected chi connectivity index (χ4v) is 3.65. The zero-order valence-electron chi connectivity index (χ0n) is 16.5. The van der Waals surface area contributed by atoms with Gasteiger partial charge in [-0.05, 0) is 43.5 Å². The second-order valence-corrected chi connectivity index (χ2v) is 7.17. The molecule has 0 unspecified atom stereocenters. The van der Waals surface area contributed by atoms with Gasteiger partial charge in [0.05, 0.1) is 24.4 Å². The Kier molecular flexibility index (Phi) is 5.84. The van der Waals surface area contributed by atoms with Crippen LogP contribution >= 0.6 is 0 Å². The average Bonchev–Trinajstić information content (AvgIpc) is 2.78. The number of fused-ring (bicyclic) bond motifs is 1. The van der Waals surface area contributed by atoms with Crippen LogP contribution in [0.3, 0.4) is 0 Å². The van der Waals surface area contributed by atoms with Crippen LogP contribution in [0.1, 0.15) is 25.3 Å². The van der Waals surface area contributed by atoms with Gasteiger partial charge < -0.3 is 15.0 Å². The molecule has 1 atom stereocenters. The van der Waals surface area contributed by atoms with Gasteiger partial charge >= 0.3 is 0 Å². The van der Waals surface area contributed by atoms with E-state index in [-0.39, 0.29) is 11.8 Å². The Morgan fingerprint density at radius 2 is 2.03 bits per heavy atom. The standard InChI is InChI=1S/C22H25N5O2/c1-2-29-19-7-5-16(6-8-19)13-26-22(28)17-4-3-11-27(15-17)18-12-20-21(25-14-18)24-10-9-23-20/h5-10,12,14,17H,2-4,11,13,15H2,1H3,(H,26,28)/t17-/m1/s1. The SMILES string of the molecule is CCOc1ccc(CNC(=O)[C@@H]2CCCN(c3cnc4nccnc4c3)C2)cc1. The zero-order valence-corrected chi connectivity index (χ0v) is 16.5. The van der Waals surface area contributed by atoms with E-state index in [0.717, 1.165) is 41.9 Å². The van der Waals surface area contributed by atoms with Crippen molar-refractivity contribution in [3.05, 3.63) is 54.5 Å². The number of pyridine rings is 1. The molecule has 7 nitrogen and oxygen atoms in total. The second kappa shape index (κ2) is 8.86. The number of carbonyl (C=O) groups is 1. The lowest BCUT2D eigenvalue weighted by Crippen LogP contribution is -2.43. The van der Waals surface area contributed by atoms with E-state index in [9.17, 15) is 4.79 Å². The number of benzene rings is 1. The molecule has 3 aromatic rings. The molecule has 150 valence electrons. The van der Waals surface area contributed by atoms with E-state index >= 15 is 0 Å². The number of aromatic nitrogens is 3. The largest absolute Gasteiger partial charge is 0.494 e. The maximum atomic E-state index is 12.7. The van der Waals surface area contributed by atoms with Gasteiger partial charge in [0.25, 0.3) is 0 Å². The van der Waals surface area contributed by atoms with Crippen molar-refractivity contribution in [2.24, 2.45) is 5.92 Å². The van der Waals surface area contributed by atoms with Crippen LogP contribution in [0.5, 0.6) is 5.75 Å². The first-order chi connectivity index (χ1) is 14.2. The minimum absolute atomic E-state index is 0.0380. The average molecular weight is 391 g/mol. The first kappa shape index (κ1) is 19.1. The summed E-state index contributed by atoms with van der Waals surface area (Å²) < 4.78 is 5.46. The molecule has 1 saturated heterocycles. The van der Waals surface area contributed by atoms with Gasteiger partial charge in [-0.1, -0.05) is 12.1 Å². The third-order valence-corrected chi connectivity index (χ3v) is 5.17. The van der Waals surface area contributed by atoms with E-state index in [1.807, 2.05) is 43.5 Å². The van der Waals surface area contributed by atoms with Gasteiger partial charge in [0.15, 0.2) is 5.65 Å². The highest BCUT2D eigenvalue weighted by atomic mass is 16.5. The Balaban J connectivity index is 1.36. The summed E-state index contributed by atoms with van der Waals surface area (Å²) in [6, 6.07) is 9.84. The molecule has 4 rings (SSSR count). The monoisotopic (exact) mass is 391 g/mol. The number of carbonyl (C=O) groups excluding carboxylic acids is 1. The molecule has 7 heteroatoms. The molecule has 0 radical (unpaired) electrons. The topological polar surface area (TPSA) is 80.2 Å². The summed E-state index contributed by atoms with van der Waals surface area (Å²) in [6.07, 6.45) is 6.99. The number of anilines is 1. The molecule has 3 heterocycles. The van der Waals surface area contributed by atoms with Crippen LogP contribution in [0.2, 0.25) is 0 Å². The lowest BCUT2D eigenvalue weighted by molar-refractivity contribution is -0.125. The minimum atomic E-state index is -0.0380. The second-order valence-electron chi connectivity index (χ2n) is 7.17. The molecule has 1 fully saturated rings. The number of hydrogen-bond donors (Lipinski definition) is 1. The van der Waals surface area contributed by atoms with Gasteiger partial charge in [-0.2, -0.15) is 0 Å². The number of piperidine rings is 1. The number of hydrogen-bond acceptors (Lipinski definition) is 6. The van der Waals surface area contributed by atoms with Gasteiger partial charge in [0, 0.05) is 32.0 Å². The molecule has 0 bridgehead atoms. The van der Waals surface area contributed by atoms with Crippen molar-refractivity contribution in [3.63, 3.8) is 0 Å². The molecular weight excluding hydrogens is 366 g/mol. The molecule has 1 amide bonds. The Morgan fingerprint density at radius 1 is 1.21 bits per heavy atom. The quantitative estimate of drug-likeness (QED) is 0.696. The van der Waals surface area contributed by atoms with Crippen LogP contribution in [0, 0.1) is 5.92 Å². The first-order valence-electron chi connectivity index (χ1n) is 10.0. The van der Waals surface area contributed by atoms with Crippen molar-refractivity contribution in [2.45, 2.75) is 26.3 Å². The Bertz CT molecular complexity index is 976. The minimum Gasteiger partial charge on any atom is -0.494 e. The van der Waals surface area contributed by atoms with E-state index in [1.54, 1.807) is 12.4 Å². The third kappa shape index (κ3) is 4.62. The van der Waals surface area contributed by atoms with Gasteiger partial charge in [0.2, 0.25) is 5.91 Å². The number of nitrogens with zero attached hydrogens (tertiary/aromatic N) is 4. The number of rotatable bonds is 6. The first-order valence-corrected chi connectivity index (χ1v) is 10.0. The lowest BCUT2D eigenvalue weighted by atomic mass is 9.96. The summed E-state index contributed by atoms with van der Waals surface area (Å²) in [6.45, 7) is 4.73. The molecule has 29 heavy (non-hydrogen) atoms. The summed E-state index contributed by atoms with van der Waals surface area (Å²) in [5.41, 5.74) is 3.46. The van der Waals surface area contributed by atoms with Gasteiger partial charge in [-0.15, -0.1) is 0 Å². The predicted molar refractivity (Wildman–Crippen MR) is 112 cm³/mol. The van der Waals surface area contributed by atoms with Crippen LogP contribution in [-0.2, 0) is 11.3 Å². The van der Waals surface area contributed by atoms with Crippen LogP contribution in [0.25, 0.3) is 11.2 Å². The highest BCUT2D eigenvalue weighted by Gasteiger charge is 2.26. The fourth-order valence-electron chi connectivity index (χ4n) is 3.65. The Labute approximate surface area is 170 Å². The maximum Gasteiger partial charge on any atom is 0.225 e. The summed E-state index contributed by atoms with van der Waals surface area (Å²) in [4.78, 5) is 27.9. The van der Waals surface area contributed by atoms with Crippen molar-refractivity contribution in [1.82, 2.24) is 20.3 Å². The molecule has 1 aliphatic heterocycles. The van der Waals surface area contributed by atoms with Crippen molar-refractivity contribution in [1.29, 1.82) is 0 Å². The van der Waals surface area contributed by atoms with Gasteiger partial charge in [0.1, 0.15) is 11.3 Å². The predicted octanol–water partition coefficient (Wildman–Crippen LogP) is 2.96. The highest BCUT2D eigenvalue weighted by Crippen LogP contribution is 2.24. The van der Waals surface area contributed by atoms with Crippen LogP contribution in [0.15, 0.2) is 48.9 Å². The van der Waals surface area contributed by atoms with E-state index in [4.69, 9.17) is 4.74 Å². The molecule has 2 aromatic heterocycles. The summed E-state index contributed by atoms with van der Waals surface area (Å²) in [7, 11) is 0. The van der Waals surface area contributed by atoms with E-state index in [0.29, 0.717) is 25.3 Å². The number of ether oxygens (including phenoxy) is 1. The van der Waals surface area contributed by atoms with Crippen LogP contribution in [-0.4, -0.2) is 40.6 Å².